The third kappa shape index (κ3) is 2.53. The highest BCUT2D eigenvalue weighted by Crippen LogP contribution is 2.10. The van der Waals surface area contributed by atoms with E-state index in [0.29, 0.717) is 0 Å². The SMILES string of the molecule is O=S1CS(=O)(=O)CS(=O)(=O)C1. The van der Waals surface area contributed by atoms with Gasteiger partial charge in [0.2, 0.25) is 0 Å². The van der Waals surface area contributed by atoms with Crippen LogP contribution in [0.1, 0.15) is 0 Å². The molecule has 0 aromatic heterocycles. The number of hydrogen-bond acceptors (Lipinski definition) is 5. The van der Waals surface area contributed by atoms with Gasteiger partial charge in [0.1, 0.15) is 10.2 Å². The first-order valence-corrected chi connectivity index (χ1v) is 7.70. The van der Waals surface area contributed by atoms with Gasteiger partial charge in [-0.15, -0.1) is 0 Å². The number of sulfone groups is 2. The Balaban J connectivity index is 3.12. The lowest BCUT2D eigenvalue weighted by atomic mass is 11.8. The first-order valence-electron chi connectivity index (χ1n) is 2.57. The molecule has 0 radical (unpaired) electrons. The van der Waals surface area contributed by atoms with Gasteiger partial charge in [-0.25, -0.2) is 16.8 Å². The van der Waals surface area contributed by atoms with Crippen LogP contribution in [0.2, 0.25) is 0 Å². The minimum atomic E-state index is -3.63. The van der Waals surface area contributed by atoms with E-state index in [2.05, 4.69) is 0 Å². The highest BCUT2D eigenvalue weighted by Gasteiger charge is 2.32. The van der Waals surface area contributed by atoms with E-state index >= 15 is 0 Å². The Morgan fingerprint density at radius 1 is 0.909 bits per heavy atom. The zero-order valence-electron chi connectivity index (χ0n) is 5.39. The summed E-state index contributed by atoms with van der Waals surface area (Å²) in [6, 6.07) is 0. The molecule has 11 heavy (non-hydrogen) atoms. The van der Waals surface area contributed by atoms with E-state index < -0.39 is 45.7 Å². The lowest BCUT2D eigenvalue weighted by Crippen LogP contribution is -2.32. The molecule has 1 rings (SSSR count). The zero-order chi connectivity index (χ0) is 8.70. The molecule has 0 bridgehead atoms. The van der Waals surface area contributed by atoms with Crippen LogP contribution in [0, 0.1) is 0 Å². The molecule has 0 atom stereocenters. The van der Waals surface area contributed by atoms with Crippen molar-refractivity contribution in [2.45, 2.75) is 0 Å². The van der Waals surface area contributed by atoms with Crippen molar-refractivity contribution in [3.05, 3.63) is 0 Å². The van der Waals surface area contributed by atoms with Crippen LogP contribution >= 0.6 is 0 Å². The zero-order valence-corrected chi connectivity index (χ0v) is 7.84. The molecular weight excluding hydrogens is 212 g/mol. The molecule has 1 saturated heterocycles. The first kappa shape index (κ1) is 9.14. The van der Waals surface area contributed by atoms with Gasteiger partial charge in [0, 0.05) is 0 Å². The van der Waals surface area contributed by atoms with Crippen LogP contribution in [-0.4, -0.2) is 36.3 Å². The summed E-state index contributed by atoms with van der Waals surface area (Å²) in [5.41, 5.74) is 0. The molecule has 0 amide bonds. The van der Waals surface area contributed by atoms with E-state index in [1.165, 1.54) is 0 Å². The maximum atomic E-state index is 10.7. The van der Waals surface area contributed by atoms with Gasteiger partial charge in [-0.3, -0.25) is 4.21 Å². The molecule has 1 fully saturated rings. The van der Waals surface area contributed by atoms with Gasteiger partial charge in [-0.2, -0.15) is 0 Å². The van der Waals surface area contributed by atoms with Gasteiger partial charge in [0.25, 0.3) is 0 Å². The van der Waals surface area contributed by atoms with Crippen molar-refractivity contribution in [2.75, 3.05) is 15.3 Å². The van der Waals surface area contributed by atoms with Crippen molar-refractivity contribution in [2.24, 2.45) is 0 Å². The van der Waals surface area contributed by atoms with E-state index in [9.17, 15) is 21.0 Å². The highest BCUT2D eigenvalue weighted by molar-refractivity contribution is 8.22. The van der Waals surface area contributed by atoms with Gasteiger partial charge in [-0.05, 0) is 0 Å². The molecule has 0 aromatic carbocycles. The van der Waals surface area contributed by atoms with Crippen LogP contribution < -0.4 is 0 Å². The summed E-state index contributed by atoms with van der Waals surface area (Å²) in [7, 11) is -9.01. The summed E-state index contributed by atoms with van der Waals surface area (Å²) in [6.07, 6.45) is 0. The molecule has 5 nitrogen and oxygen atoms in total. The molecule has 1 aliphatic heterocycles. The molecule has 0 spiro atoms. The predicted molar refractivity (Wildman–Crippen MR) is 40.6 cm³/mol. The molecule has 8 heteroatoms. The first-order chi connectivity index (χ1) is 4.81. The average Bonchev–Trinajstić information content (AvgIpc) is 1.49. The monoisotopic (exact) mass is 218 g/mol. The van der Waals surface area contributed by atoms with Crippen molar-refractivity contribution < 1.29 is 21.0 Å². The fourth-order valence-corrected chi connectivity index (χ4v) is 8.82. The predicted octanol–water partition coefficient (Wildman–Crippen LogP) is -1.55. The van der Waals surface area contributed by atoms with Crippen LogP contribution in [0.25, 0.3) is 0 Å². The van der Waals surface area contributed by atoms with Crippen LogP contribution in [-0.2, 0) is 30.5 Å². The fourth-order valence-electron chi connectivity index (χ4n) is 0.776. The topological polar surface area (TPSA) is 85.3 Å². The third-order valence-corrected chi connectivity index (χ3v) is 8.83. The largest absolute Gasteiger partial charge is 0.257 e. The van der Waals surface area contributed by atoms with Crippen molar-refractivity contribution >= 4 is 30.5 Å². The second-order valence-corrected chi connectivity index (χ2v) is 8.96. The van der Waals surface area contributed by atoms with Crippen molar-refractivity contribution in [1.29, 1.82) is 0 Å². The third-order valence-electron chi connectivity index (χ3n) is 0.981. The molecule has 0 unspecified atom stereocenters. The summed E-state index contributed by atoms with van der Waals surface area (Å²) in [5, 5.41) is -1.90. The average molecular weight is 218 g/mol. The molecule has 66 valence electrons. The molecule has 0 N–H and O–H groups in total. The minimum absolute atomic E-state index is 0.522. The summed E-state index contributed by atoms with van der Waals surface area (Å²) in [6.45, 7) is 0. The lowest BCUT2D eigenvalue weighted by molar-refractivity contribution is 0.591. The summed E-state index contributed by atoms with van der Waals surface area (Å²) in [4.78, 5) is 0. The quantitative estimate of drug-likeness (QED) is 0.491. The van der Waals surface area contributed by atoms with Gasteiger partial charge in [0.05, 0.1) is 10.8 Å². The minimum Gasteiger partial charge on any atom is -0.257 e. The van der Waals surface area contributed by atoms with Crippen molar-refractivity contribution in [1.82, 2.24) is 0 Å². The maximum Gasteiger partial charge on any atom is 0.176 e. The van der Waals surface area contributed by atoms with E-state index in [1.54, 1.807) is 0 Å². The van der Waals surface area contributed by atoms with Crippen molar-refractivity contribution in [3.8, 4) is 0 Å². The van der Waals surface area contributed by atoms with Crippen LogP contribution in [0.4, 0.5) is 0 Å². The van der Waals surface area contributed by atoms with E-state index in [0.717, 1.165) is 0 Å². The molecule has 1 heterocycles. The molecule has 0 aliphatic carbocycles. The van der Waals surface area contributed by atoms with E-state index in [-0.39, 0.29) is 0 Å². The highest BCUT2D eigenvalue weighted by atomic mass is 32.3. The van der Waals surface area contributed by atoms with E-state index in [4.69, 9.17) is 0 Å². The number of hydrogen-bond donors (Lipinski definition) is 0. The van der Waals surface area contributed by atoms with E-state index in [1.807, 2.05) is 0 Å². The molecular formula is C3H6O5S3. The molecule has 1 aliphatic rings. The van der Waals surface area contributed by atoms with Gasteiger partial charge >= 0.3 is 0 Å². The Morgan fingerprint density at radius 3 is 1.55 bits per heavy atom. The summed E-state index contributed by atoms with van der Waals surface area (Å²) >= 11 is 0. The molecule has 0 aromatic rings. The van der Waals surface area contributed by atoms with Crippen LogP contribution in [0.15, 0.2) is 0 Å². The van der Waals surface area contributed by atoms with Crippen LogP contribution in [0.3, 0.4) is 0 Å². The Morgan fingerprint density at radius 2 is 1.27 bits per heavy atom. The van der Waals surface area contributed by atoms with Gasteiger partial charge < -0.3 is 0 Å². The summed E-state index contributed by atoms with van der Waals surface area (Å²) in [5.74, 6) is 0. The maximum absolute atomic E-state index is 10.7. The van der Waals surface area contributed by atoms with Gasteiger partial charge in [0.15, 0.2) is 24.8 Å². The Labute approximate surface area is 67.1 Å². The Kier molecular flexibility index (Phi) is 2.10. The smallest absolute Gasteiger partial charge is 0.176 e. The number of rotatable bonds is 0. The second-order valence-electron chi connectivity index (χ2n) is 2.28. The van der Waals surface area contributed by atoms with Crippen LogP contribution in [0.5, 0.6) is 0 Å². The van der Waals surface area contributed by atoms with Gasteiger partial charge in [-0.1, -0.05) is 0 Å². The normalized spacial score (nSPS) is 29.8. The molecule has 0 saturated carbocycles. The second kappa shape index (κ2) is 2.53. The summed E-state index contributed by atoms with van der Waals surface area (Å²) < 4.78 is 53.5. The fraction of sp³-hybridized carbons (Fsp3) is 1.00. The standard InChI is InChI=1S/C3H6O5S3/c4-9-1-10(5,6)3-11(7,8)2-9/h1-3H2. The Hall–Kier alpha value is 0.0500. The Bertz CT molecular complexity index is 337. The van der Waals surface area contributed by atoms with Crippen molar-refractivity contribution in [3.63, 3.8) is 0 Å². The lowest BCUT2D eigenvalue weighted by Gasteiger charge is -2.10.